The molecule has 0 radical (unpaired) electrons. The van der Waals surface area contributed by atoms with Gasteiger partial charge in [-0.25, -0.2) is 13.6 Å². The van der Waals surface area contributed by atoms with Gasteiger partial charge in [0.05, 0.1) is 17.1 Å². The quantitative estimate of drug-likeness (QED) is 0.875. The van der Waals surface area contributed by atoms with E-state index in [1.54, 1.807) is 12.1 Å². The summed E-state index contributed by atoms with van der Waals surface area (Å²) in [6.45, 7) is 10.5. The summed E-state index contributed by atoms with van der Waals surface area (Å²) in [6, 6.07) is 6.08. The van der Waals surface area contributed by atoms with Gasteiger partial charge in [-0.1, -0.05) is 0 Å². The van der Waals surface area contributed by atoms with Crippen molar-refractivity contribution in [2.75, 3.05) is 6.61 Å². The molecule has 6 heteroatoms. The van der Waals surface area contributed by atoms with Gasteiger partial charge in [0.25, 0.3) is 0 Å². The second kappa shape index (κ2) is 6.34. The van der Waals surface area contributed by atoms with Crippen molar-refractivity contribution >= 4 is 10.0 Å². The Morgan fingerprint density at radius 3 is 2.00 bits per heavy atom. The van der Waals surface area contributed by atoms with Gasteiger partial charge in [-0.05, 0) is 58.9 Å². The topological polar surface area (TPSA) is 78.6 Å². The minimum atomic E-state index is -3.67. The van der Waals surface area contributed by atoms with Crippen LogP contribution < -0.4 is 9.88 Å². The van der Waals surface area contributed by atoms with Crippen LogP contribution in [0.3, 0.4) is 0 Å². The lowest BCUT2D eigenvalue weighted by atomic mass is 10.1. The highest BCUT2D eigenvalue weighted by molar-refractivity contribution is 7.89. The molecule has 0 amide bonds. The molecule has 0 aliphatic heterocycles. The fraction of sp³-hybridized carbons (Fsp3) is 0.600. The molecule has 0 bridgehead atoms. The summed E-state index contributed by atoms with van der Waals surface area (Å²) >= 11 is 0. The molecule has 120 valence electrons. The van der Waals surface area contributed by atoms with Gasteiger partial charge in [0.2, 0.25) is 10.0 Å². The summed E-state index contributed by atoms with van der Waals surface area (Å²) < 4.78 is 33.9. The summed E-state index contributed by atoms with van der Waals surface area (Å²) in [5.74, 6) is 0.600. The van der Waals surface area contributed by atoms with Crippen molar-refractivity contribution < 1.29 is 17.9 Å². The largest absolute Gasteiger partial charge is 0.488 e. The van der Waals surface area contributed by atoms with E-state index < -0.39 is 15.6 Å². The first-order chi connectivity index (χ1) is 9.39. The van der Waals surface area contributed by atoms with Gasteiger partial charge in [0, 0.05) is 6.42 Å². The molecule has 0 heterocycles. The summed E-state index contributed by atoms with van der Waals surface area (Å²) in [6.07, 6.45) is 0.723. The fourth-order valence-corrected chi connectivity index (χ4v) is 2.19. The number of primary sulfonamides is 1. The van der Waals surface area contributed by atoms with E-state index in [2.05, 4.69) is 0 Å². The average molecular weight is 315 g/mol. The number of nitrogens with two attached hydrogens (primary N) is 1. The van der Waals surface area contributed by atoms with Crippen LogP contribution in [0.5, 0.6) is 5.75 Å². The highest BCUT2D eigenvalue weighted by Crippen LogP contribution is 2.23. The van der Waals surface area contributed by atoms with Crippen LogP contribution in [0.4, 0.5) is 0 Å². The van der Waals surface area contributed by atoms with E-state index in [4.69, 9.17) is 14.6 Å². The first-order valence-corrected chi connectivity index (χ1v) is 8.40. The second-order valence-corrected chi connectivity index (χ2v) is 8.15. The third kappa shape index (κ3) is 6.93. The van der Waals surface area contributed by atoms with E-state index in [1.807, 2.05) is 34.6 Å². The predicted molar refractivity (Wildman–Crippen MR) is 82.8 cm³/mol. The third-order valence-corrected chi connectivity index (χ3v) is 3.71. The SMILES string of the molecule is CC(C)(C)OCCC(C)(C)Oc1ccc(S(N)(=O)=O)cc1. The van der Waals surface area contributed by atoms with Crippen LogP contribution in [-0.4, -0.2) is 26.2 Å². The molecule has 0 unspecified atom stereocenters. The number of benzene rings is 1. The van der Waals surface area contributed by atoms with E-state index in [0.717, 1.165) is 6.42 Å². The molecule has 0 aromatic heterocycles. The predicted octanol–water partition coefficient (Wildman–Crippen LogP) is 2.70. The zero-order chi connectivity index (χ0) is 16.3. The maximum atomic E-state index is 11.2. The number of rotatable bonds is 6. The van der Waals surface area contributed by atoms with Gasteiger partial charge in [-0.2, -0.15) is 0 Å². The Hall–Kier alpha value is -1.11. The van der Waals surface area contributed by atoms with Crippen LogP contribution >= 0.6 is 0 Å². The second-order valence-electron chi connectivity index (χ2n) is 6.59. The van der Waals surface area contributed by atoms with Crippen molar-refractivity contribution in [3.63, 3.8) is 0 Å². The molecular weight excluding hydrogens is 290 g/mol. The molecule has 1 aromatic carbocycles. The van der Waals surface area contributed by atoms with Crippen LogP contribution in [0.1, 0.15) is 41.0 Å². The van der Waals surface area contributed by atoms with Gasteiger partial charge in [0.1, 0.15) is 11.4 Å². The van der Waals surface area contributed by atoms with E-state index in [1.165, 1.54) is 12.1 Å². The molecule has 0 saturated heterocycles. The maximum Gasteiger partial charge on any atom is 0.238 e. The highest BCUT2D eigenvalue weighted by atomic mass is 32.2. The molecule has 0 aliphatic rings. The fourth-order valence-electron chi connectivity index (χ4n) is 1.67. The Balaban J connectivity index is 2.63. The zero-order valence-corrected chi connectivity index (χ0v) is 14.2. The molecule has 5 nitrogen and oxygen atoms in total. The molecule has 0 saturated carbocycles. The smallest absolute Gasteiger partial charge is 0.238 e. The highest BCUT2D eigenvalue weighted by Gasteiger charge is 2.21. The van der Waals surface area contributed by atoms with Crippen LogP contribution in [0.2, 0.25) is 0 Å². The minimum absolute atomic E-state index is 0.0729. The van der Waals surface area contributed by atoms with E-state index in [0.29, 0.717) is 12.4 Å². The third-order valence-electron chi connectivity index (χ3n) is 2.79. The lowest BCUT2D eigenvalue weighted by molar-refractivity contribution is -0.0292. The van der Waals surface area contributed by atoms with Crippen molar-refractivity contribution in [3.8, 4) is 5.75 Å². The Kier molecular flexibility index (Phi) is 5.41. The molecule has 0 fully saturated rings. The average Bonchev–Trinajstić information content (AvgIpc) is 2.25. The van der Waals surface area contributed by atoms with Crippen LogP contribution in [0, 0.1) is 0 Å². The molecule has 1 rings (SSSR count). The lowest BCUT2D eigenvalue weighted by Crippen LogP contribution is -2.32. The van der Waals surface area contributed by atoms with Gasteiger partial charge < -0.3 is 9.47 Å². The van der Waals surface area contributed by atoms with Crippen molar-refractivity contribution in [2.45, 2.75) is 57.1 Å². The summed E-state index contributed by atoms with van der Waals surface area (Å²) in [4.78, 5) is 0.0729. The van der Waals surface area contributed by atoms with Gasteiger partial charge in [0.15, 0.2) is 0 Å². The van der Waals surface area contributed by atoms with E-state index in [9.17, 15) is 8.42 Å². The summed E-state index contributed by atoms with van der Waals surface area (Å²) in [7, 11) is -3.67. The molecular formula is C15H25NO4S. The van der Waals surface area contributed by atoms with E-state index >= 15 is 0 Å². The standard InChI is InChI=1S/C15H25NO4S/c1-14(2,3)19-11-10-15(4,5)20-12-6-8-13(9-7-12)21(16,17)18/h6-9H,10-11H2,1-5H3,(H2,16,17,18). The van der Waals surface area contributed by atoms with Crippen molar-refractivity contribution in [2.24, 2.45) is 5.14 Å². The van der Waals surface area contributed by atoms with Crippen LogP contribution in [0.25, 0.3) is 0 Å². The van der Waals surface area contributed by atoms with Gasteiger partial charge in [-0.15, -0.1) is 0 Å². The van der Waals surface area contributed by atoms with Crippen molar-refractivity contribution in [1.82, 2.24) is 0 Å². The van der Waals surface area contributed by atoms with Crippen molar-refractivity contribution in [3.05, 3.63) is 24.3 Å². The normalized spacial score (nSPS) is 13.2. The van der Waals surface area contributed by atoms with Gasteiger partial charge in [-0.3, -0.25) is 0 Å². The molecule has 0 aliphatic carbocycles. The molecule has 0 atom stereocenters. The maximum absolute atomic E-state index is 11.2. The molecule has 21 heavy (non-hydrogen) atoms. The monoisotopic (exact) mass is 315 g/mol. The molecule has 2 N–H and O–H groups in total. The number of hydrogen-bond donors (Lipinski definition) is 1. The molecule has 1 aromatic rings. The van der Waals surface area contributed by atoms with Crippen LogP contribution in [0.15, 0.2) is 29.2 Å². The number of ether oxygens (including phenoxy) is 2. The van der Waals surface area contributed by atoms with Crippen LogP contribution in [-0.2, 0) is 14.8 Å². The Morgan fingerprint density at radius 2 is 1.57 bits per heavy atom. The Labute approximate surface area is 127 Å². The number of sulfonamides is 1. The van der Waals surface area contributed by atoms with Gasteiger partial charge >= 0.3 is 0 Å². The first kappa shape index (κ1) is 17.9. The number of hydrogen-bond acceptors (Lipinski definition) is 4. The summed E-state index contributed by atoms with van der Waals surface area (Å²) in [5, 5.41) is 5.06. The summed E-state index contributed by atoms with van der Waals surface area (Å²) in [5.41, 5.74) is -0.582. The Bertz CT molecular complexity index is 556. The molecule has 0 spiro atoms. The minimum Gasteiger partial charge on any atom is -0.488 e. The van der Waals surface area contributed by atoms with E-state index in [-0.39, 0.29) is 10.5 Å². The lowest BCUT2D eigenvalue weighted by Gasteiger charge is -2.28. The zero-order valence-electron chi connectivity index (χ0n) is 13.3. The van der Waals surface area contributed by atoms with Crippen molar-refractivity contribution in [1.29, 1.82) is 0 Å². The first-order valence-electron chi connectivity index (χ1n) is 6.85. The Morgan fingerprint density at radius 1 is 1.05 bits per heavy atom.